The zero-order chi connectivity index (χ0) is 9.80. The summed E-state index contributed by atoms with van der Waals surface area (Å²) in [6.45, 7) is 0. The Labute approximate surface area is 87.9 Å². The molecular weight excluding hydrogens is 194 g/mol. The van der Waals surface area contributed by atoms with Gasteiger partial charge in [0.15, 0.2) is 5.65 Å². The molecule has 4 heteroatoms. The molecule has 0 saturated carbocycles. The van der Waals surface area contributed by atoms with Crippen molar-refractivity contribution in [2.24, 2.45) is 0 Å². The van der Waals surface area contributed by atoms with E-state index < -0.39 is 0 Å². The first kappa shape index (κ1) is 9.27. The normalized spacial score (nSPS) is 11.5. The van der Waals surface area contributed by atoms with Crippen molar-refractivity contribution in [3.05, 3.63) is 36.3 Å². The number of hydrogen-bond acceptors (Lipinski definition) is 3. The highest BCUT2D eigenvalue weighted by Crippen LogP contribution is 2.05. The van der Waals surface area contributed by atoms with Gasteiger partial charge in [0.2, 0.25) is 0 Å². The molecule has 0 saturated heterocycles. The predicted molar refractivity (Wildman–Crippen MR) is 60.5 cm³/mol. The van der Waals surface area contributed by atoms with Gasteiger partial charge >= 0.3 is 0 Å². The van der Waals surface area contributed by atoms with Crippen LogP contribution in [0, 0.1) is 0 Å². The minimum Gasteiger partial charge on any atom is -0.235 e. The van der Waals surface area contributed by atoms with E-state index in [2.05, 4.69) is 28.8 Å². The molecule has 0 fully saturated rings. The lowest BCUT2D eigenvalue weighted by atomic mass is 10.3. The largest absolute Gasteiger partial charge is 0.235 e. The molecule has 0 unspecified atom stereocenters. The molecule has 0 aliphatic heterocycles. The summed E-state index contributed by atoms with van der Waals surface area (Å²) in [4.78, 5) is 4.23. The maximum Gasteiger partial charge on any atom is 0.154 e. The minimum atomic E-state index is 0.862. The minimum absolute atomic E-state index is 0.862. The lowest BCUT2D eigenvalue weighted by molar-refractivity contribution is 0.925. The lowest BCUT2D eigenvalue weighted by Gasteiger charge is -1.92. The summed E-state index contributed by atoms with van der Waals surface area (Å²) in [6, 6.07) is 3.81. The zero-order valence-electron chi connectivity index (χ0n) is 7.67. The highest BCUT2D eigenvalue weighted by Gasteiger charge is 1.98. The second-order valence-electron chi connectivity index (χ2n) is 2.89. The maximum atomic E-state index is 4.23. The smallest absolute Gasteiger partial charge is 0.154 e. The Bertz CT molecular complexity index is 447. The molecule has 0 aliphatic rings. The second-order valence-corrected chi connectivity index (χ2v) is 3.34. The Hall–Kier alpha value is -1.29. The summed E-state index contributed by atoms with van der Waals surface area (Å²) in [5.41, 5.74) is 1.88. The standard InChI is InChI=1S/C10H11N3S/c14-7-2-1-4-9-8-11-10-5-3-6-12-13(9)10/h1,3-6,8,14H,2,7H2. The highest BCUT2D eigenvalue weighted by molar-refractivity contribution is 7.80. The van der Waals surface area contributed by atoms with Crippen LogP contribution >= 0.6 is 12.6 Å². The van der Waals surface area contributed by atoms with E-state index in [0.717, 1.165) is 23.5 Å². The molecule has 0 bridgehead atoms. The molecule has 2 aromatic heterocycles. The van der Waals surface area contributed by atoms with Crippen molar-refractivity contribution >= 4 is 24.4 Å². The van der Waals surface area contributed by atoms with Gasteiger partial charge in [-0.25, -0.2) is 9.50 Å². The van der Waals surface area contributed by atoms with Gasteiger partial charge in [-0.05, 0) is 30.4 Å². The van der Waals surface area contributed by atoms with Crippen molar-refractivity contribution in [2.75, 3.05) is 5.75 Å². The molecule has 3 nitrogen and oxygen atoms in total. The van der Waals surface area contributed by atoms with Crippen molar-refractivity contribution in [3.63, 3.8) is 0 Å². The third-order valence-electron chi connectivity index (χ3n) is 1.89. The molecule has 14 heavy (non-hydrogen) atoms. The van der Waals surface area contributed by atoms with E-state index >= 15 is 0 Å². The van der Waals surface area contributed by atoms with E-state index in [1.165, 1.54) is 0 Å². The number of allylic oxidation sites excluding steroid dienone is 1. The van der Waals surface area contributed by atoms with E-state index in [0.29, 0.717) is 0 Å². The van der Waals surface area contributed by atoms with Crippen LogP contribution in [-0.4, -0.2) is 20.4 Å². The average Bonchev–Trinajstić information content (AvgIpc) is 2.63. The Kier molecular flexibility index (Phi) is 2.84. The molecule has 0 spiro atoms. The highest BCUT2D eigenvalue weighted by atomic mass is 32.1. The first-order chi connectivity index (χ1) is 6.92. The zero-order valence-corrected chi connectivity index (χ0v) is 8.56. The number of aromatic nitrogens is 3. The second kappa shape index (κ2) is 4.28. The SMILES string of the molecule is SCCC=Cc1cnc2cccnn12. The van der Waals surface area contributed by atoms with E-state index in [9.17, 15) is 0 Å². The van der Waals surface area contributed by atoms with Gasteiger partial charge in [0, 0.05) is 6.20 Å². The van der Waals surface area contributed by atoms with E-state index in [1.807, 2.05) is 28.9 Å². The predicted octanol–water partition coefficient (Wildman–Crippen LogP) is 2.06. The van der Waals surface area contributed by atoms with Crippen molar-refractivity contribution in [1.29, 1.82) is 0 Å². The van der Waals surface area contributed by atoms with Gasteiger partial charge < -0.3 is 0 Å². The van der Waals surface area contributed by atoms with Crippen LogP contribution in [-0.2, 0) is 0 Å². The topological polar surface area (TPSA) is 30.2 Å². The molecule has 72 valence electrons. The Morgan fingerprint density at radius 3 is 3.29 bits per heavy atom. The number of imidazole rings is 1. The summed E-state index contributed by atoms with van der Waals surface area (Å²) in [5.74, 6) is 0.862. The number of hydrogen-bond donors (Lipinski definition) is 1. The fourth-order valence-electron chi connectivity index (χ4n) is 1.24. The van der Waals surface area contributed by atoms with Gasteiger partial charge in [-0.1, -0.05) is 6.08 Å². The molecule has 2 aromatic rings. The molecule has 0 aromatic carbocycles. The number of thiol groups is 1. The van der Waals surface area contributed by atoms with Gasteiger partial charge in [-0.15, -0.1) is 0 Å². The molecule has 2 heterocycles. The third kappa shape index (κ3) is 1.80. The van der Waals surface area contributed by atoms with Crippen LogP contribution in [0.2, 0.25) is 0 Å². The monoisotopic (exact) mass is 205 g/mol. The van der Waals surface area contributed by atoms with Crippen molar-refractivity contribution in [1.82, 2.24) is 14.6 Å². The molecule has 0 atom stereocenters. The summed E-state index contributed by atoms with van der Waals surface area (Å²) >= 11 is 4.14. The fourth-order valence-corrected chi connectivity index (χ4v) is 1.39. The fraction of sp³-hybridized carbons (Fsp3) is 0.200. The van der Waals surface area contributed by atoms with Crippen LogP contribution in [0.5, 0.6) is 0 Å². The van der Waals surface area contributed by atoms with Gasteiger partial charge in [-0.2, -0.15) is 17.7 Å². The van der Waals surface area contributed by atoms with E-state index in [1.54, 1.807) is 6.20 Å². The van der Waals surface area contributed by atoms with Gasteiger partial charge in [0.1, 0.15) is 0 Å². The molecule has 0 amide bonds. The molecule has 2 rings (SSSR count). The average molecular weight is 205 g/mol. The van der Waals surface area contributed by atoms with Crippen LogP contribution in [0.25, 0.3) is 11.7 Å². The molecule has 0 N–H and O–H groups in total. The van der Waals surface area contributed by atoms with Crippen LogP contribution in [0.1, 0.15) is 12.1 Å². The molecular formula is C10H11N3S. The van der Waals surface area contributed by atoms with Gasteiger partial charge in [0.05, 0.1) is 11.9 Å². The third-order valence-corrected chi connectivity index (χ3v) is 2.15. The Morgan fingerprint density at radius 2 is 2.43 bits per heavy atom. The molecule has 0 radical (unpaired) electrons. The quantitative estimate of drug-likeness (QED) is 0.777. The van der Waals surface area contributed by atoms with Gasteiger partial charge in [0.25, 0.3) is 0 Å². The van der Waals surface area contributed by atoms with Crippen molar-refractivity contribution < 1.29 is 0 Å². The van der Waals surface area contributed by atoms with Crippen LogP contribution < -0.4 is 0 Å². The number of fused-ring (bicyclic) bond motifs is 1. The molecule has 0 aliphatic carbocycles. The van der Waals surface area contributed by atoms with Gasteiger partial charge in [-0.3, -0.25) is 0 Å². The number of nitrogens with zero attached hydrogens (tertiary/aromatic N) is 3. The maximum absolute atomic E-state index is 4.23. The summed E-state index contributed by atoms with van der Waals surface area (Å²) in [5, 5.41) is 4.20. The van der Waals surface area contributed by atoms with Crippen molar-refractivity contribution in [3.8, 4) is 0 Å². The first-order valence-corrected chi connectivity index (χ1v) is 5.11. The first-order valence-electron chi connectivity index (χ1n) is 4.48. The van der Waals surface area contributed by atoms with Crippen molar-refractivity contribution in [2.45, 2.75) is 6.42 Å². The lowest BCUT2D eigenvalue weighted by Crippen LogP contribution is -1.91. The van der Waals surface area contributed by atoms with Crippen LogP contribution in [0.4, 0.5) is 0 Å². The Morgan fingerprint density at radius 1 is 1.50 bits per heavy atom. The van der Waals surface area contributed by atoms with E-state index in [-0.39, 0.29) is 0 Å². The van der Waals surface area contributed by atoms with Crippen LogP contribution in [0.15, 0.2) is 30.6 Å². The number of rotatable bonds is 3. The summed E-state index contributed by atoms with van der Waals surface area (Å²) in [6.07, 6.45) is 8.62. The Balaban J connectivity index is 2.34. The van der Waals surface area contributed by atoms with Crippen LogP contribution in [0.3, 0.4) is 0 Å². The summed E-state index contributed by atoms with van der Waals surface area (Å²) < 4.78 is 1.81. The van der Waals surface area contributed by atoms with E-state index in [4.69, 9.17) is 0 Å². The summed E-state index contributed by atoms with van der Waals surface area (Å²) in [7, 11) is 0.